The quantitative estimate of drug-likeness (QED) is 0.230. The number of carbonyl (C=O) groups excluding carboxylic acids is 5. The fourth-order valence-electron chi connectivity index (χ4n) is 7.81. The number of hydrogen-bond acceptors (Lipinski definition) is 12. The molecule has 0 radical (unpaired) electrons. The summed E-state index contributed by atoms with van der Waals surface area (Å²) in [6.07, 6.45) is -0.413. The number of primary amides is 1. The second-order valence-electron chi connectivity index (χ2n) is 13.9. The highest BCUT2D eigenvalue weighted by Gasteiger charge is 2.69. The molecule has 8 atom stereocenters. The Balaban J connectivity index is 1.72. The van der Waals surface area contributed by atoms with Crippen LogP contribution in [0, 0.1) is 23.7 Å². The first-order chi connectivity index (χ1) is 21.3. The molecule has 0 heterocycles. The van der Waals surface area contributed by atoms with Crippen LogP contribution < -0.4 is 5.73 Å². The SMILES string of the molecule is C[C@@H]1c2cccc(O)c2C(O)=C2C(=O)[C@@]3(O)C(O)=C(C(N)=O)C(=O)[C@H](N(C)C)[C@H]3[C@H](OC(=O)C3CCCC3C(=O)OC(C)(C)C)[C@H]21. The predicted octanol–water partition coefficient (Wildman–Crippen LogP) is 1.80. The number of phenolic OH excluding ortho intramolecular Hbond substituents is 1. The van der Waals surface area contributed by atoms with Crippen LogP contribution in [0.3, 0.4) is 0 Å². The number of carbonyl (C=O) groups is 5. The highest BCUT2D eigenvalue weighted by atomic mass is 16.6. The highest BCUT2D eigenvalue weighted by molar-refractivity contribution is 6.24. The standard InChI is InChI=1S/C33H40N2O11/c1-13-14-9-8-12-17(36)19(14)24(37)20-18(13)26(45-30(42)15-10-7-11-16(15)31(43)46-32(2,3)4)22-23(35(5)6)25(38)21(29(34)41)28(40)33(22,44)27(20)39/h8-9,12-13,15-16,18,22-23,26,36-37,40,44H,7,10-11H2,1-6H3,(H2,34,41)/t13-,15?,16?,18+,22+,23-,26-,33-/m1/s1. The van der Waals surface area contributed by atoms with Gasteiger partial charge in [-0.3, -0.25) is 28.9 Å². The van der Waals surface area contributed by atoms with Crippen molar-refractivity contribution in [3.8, 4) is 5.75 Å². The number of amides is 1. The molecule has 13 heteroatoms. The number of ketones is 2. The number of nitrogens with two attached hydrogens (primary N) is 1. The maximum absolute atomic E-state index is 14.4. The number of nitrogens with zero attached hydrogens (tertiary/aromatic N) is 1. The van der Waals surface area contributed by atoms with E-state index in [1.807, 2.05) is 0 Å². The molecular formula is C33H40N2O11. The third kappa shape index (κ3) is 4.87. The minimum Gasteiger partial charge on any atom is -0.508 e. The van der Waals surface area contributed by atoms with Crippen molar-refractivity contribution in [2.45, 2.75) is 76.2 Å². The number of hydrogen-bond donors (Lipinski definition) is 5. The number of benzene rings is 1. The third-order valence-corrected chi connectivity index (χ3v) is 9.75. The van der Waals surface area contributed by atoms with E-state index in [1.54, 1.807) is 33.8 Å². The summed E-state index contributed by atoms with van der Waals surface area (Å²) >= 11 is 0. The van der Waals surface area contributed by atoms with Gasteiger partial charge in [-0.2, -0.15) is 0 Å². The second kappa shape index (κ2) is 11.2. The molecule has 46 heavy (non-hydrogen) atoms. The lowest BCUT2D eigenvalue weighted by Crippen LogP contribution is -2.71. The molecule has 0 bridgehead atoms. The first-order valence-electron chi connectivity index (χ1n) is 15.2. The van der Waals surface area contributed by atoms with Crippen molar-refractivity contribution in [1.82, 2.24) is 4.90 Å². The van der Waals surface area contributed by atoms with Crippen molar-refractivity contribution in [1.29, 1.82) is 0 Å². The number of likely N-dealkylation sites (N-methyl/N-ethyl adjacent to an activating group) is 1. The monoisotopic (exact) mass is 640 g/mol. The molecule has 1 amide bonds. The minimum atomic E-state index is -3.06. The Morgan fingerprint density at radius 1 is 1.02 bits per heavy atom. The van der Waals surface area contributed by atoms with Gasteiger partial charge in [-0.1, -0.05) is 25.5 Å². The van der Waals surface area contributed by atoms with Crippen LogP contribution in [-0.2, 0) is 33.4 Å². The number of Topliss-reactive ketones (excluding diaryl/α,β-unsaturated/α-hetero) is 2. The summed E-state index contributed by atoms with van der Waals surface area (Å²) in [5.41, 5.74) is 0.430. The van der Waals surface area contributed by atoms with E-state index in [0.717, 1.165) is 0 Å². The Morgan fingerprint density at radius 2 is 1.63 bits per heavy atom. The molecule has 0 aromatic heterocycles. The number of ether oxygens (including phenoxy) is 2. The van der Waals surface area contributed by atoms with Crippen molar-refractivity contribution >= 4 is 35.2 Å². The van der Waals surface area contributed by atoms with E-state index in [4.69, 9.17) is 15.2 Å². The molecular weight excluding hydrogens is 600 g/mol. The Kier molecular flexibility index (Phi) is 8.09. The maximum atomic E-state index is 14.4. The van der Waals surface area contributed by atoms with Gasteiger partial charge in [0.1, 0.15) is 34.5 Å². The zero-order chi connectivity index (χ0) is 34.2. The predicted molar refractivity (Wildman–Crippen MR) is 161 cm³/mol. The number of aromatic hydroxyl groups is 1. The van der Waals surface area contributed by atoms with Crippen LogP contribution in [0.4, 0.5) is 0 Å². The van der Waals surface area contributed by atoms with E-state index in [2.05, 4.69) is 0 Å². The molecule has 6 N–H and O–H groups in total. The van der Waals surface area contributed by atoms with Crippen LogP contribution >= 0.6 is 0 Å². The van der Waals surface area contributed by atoms with Crippen LogP contribution in [0.15, 0.2) is 35.1 Å². The van der Waals surface area contributed by atoms with Gasteiger partial charge in [-0.15, -0.1) is 0 Å². The fraction of sp³-hybridized carbons (Fsp3) is 0.545. The average molecular weight is 641 g/mol. The molecule has 248 valence electrons. The number of phenols is 1. The smallest absolute Gasteiger partial charge is 0.310 e. The molecule has 2 unspecified atom stereocenters. The van der Waals surface area contributed by atoms with E-state index < -0.39 is 105 Å². The van der Waals surface area contributed by atoms with E-state index >= 15 is 0 Å². The number of esters is 2. The molecule has 4 aliphatic carbocycles. The summed E-state index contributed by atoms with van der Waals surface area (Å²) in [5, 5.41) is 45.8. The molecule has 2 saturated carbocycles. The molecule has 0 spiro atoms. The van der Waals surface area contributed by atoms with Gasteiger partial charge in [0.15, 0.2) is 11.4 Å². The molecule has 2 fully saturated rings. The van der Waals surface area contributed by atoms with Crippen molar-refractivity contribution in [2.75, 3.05) is 14.1 Å². The first kappa shape index (κ1) is 33.1. The lowest BCUT2D eigenvalue weighted by molar-refractivity contribution is -0.190. The molecule has 0 saturated heterocycles. The highest BCUT2D eigenvalue weighted by Crippen LogP contribution is 2.57. The van der Waals surface area contributed by atoms with Crippen LogP contribution in [0.5, 0.6) is 5.75 Å². The lowest BCUT2D eigenvalue weighted by atomic mass is 9.54. The maximum Gasteiger partial charge on any atom is 0.310 e. The summed E-state index contributed by atoms with van der Waals surface area (Å²) in [4.78, 5) is 69.0. The summed E-state index contributed by atoms with van der Waals surface area (Å²) in [5.74, 6) is -12.9. The Morgan fingerprint density at radius 3 is 2.20 bits per heavy atom. The molecule has 1 aromatic carbocycles. The van der Waals surface area contributed by atoms with Crippen LogP contribution in [0.2, 0.25) is 0 Å². The van der Waals surface area contributed by atoms with Gasteiger partial charge in [-0.05, 0) is 65.3 Å². The van der Waals surface area contributed by atoms with Crippen molar-refractivity contribution < 1.29 is 53.9 Å². The van der Waals surface area contributed by atoms with Gasteiger partial charge in [0.25, 0.3) is 5.91 Å². The van der Waals surface area contributed by atoms with Gasteiger partial charge in [0, 0.05) is 11.5 Å². The summed E-state index contributed by atoms with van der Waals surface area (Å²) < 4.78 is 11.7. The number of aliphatic hydroxyl groups excluding tert-OH is 2. The summed E-state index contributed by atoms with van der Waals surface area (Å²) in [6, 6.07) is 2.95. The molecule has 1 aromatic rings. The molecule has 0 aliphatic heterocycles. The second-order valence-corrected chi connectivity index (χ2v) is 13.9. The summed E-state index contributed by atoms with van der Waals surface area (Å²) in [7, 11) is 2.90. The van der Waals surface area contributed by atoms with Crippen molar-refractivity contribution in [2.24, 2.45) is 29.4 Å². The van der Waals surface area contributed by atoms with Crippen molar-refractivity contribution in [3.63, 3.8) is 0 Å². The normalized spacial score (nSPS) is 32.6. The Bertz CT molecular complexity index is 1600. The van der Waals surface area contributed by atoms with E-state index in [9.17, 15) is 44.4 Å². The van der Waals surface area contributed by atoms with Crippen LogP contribution in [-0.4, -0.2) is 92.2 Å². The first-order valence-corrected chi connectivity index (χ1v) is 15.2. The average Bonchev–Trinajstić information content (AvgIpc) is 3.44. The third-order valence-electron chi connectivity index (χ3n) is 9.75. The van der Waals surface area contributed by atoms with Gasteiger partial charge in [-0.25, -0.2) is 0 Å². The lowest BCUT2D eigenvalue weighted by Gasteiger charge is -2.54. The minimum absolute atomic E-state index is 0.0860. The van der Waals surface area contributed by atoms with E-state index in [0.29, 0.717) is 18.4 Å². The van der Waals surface area contributed by atoms with Gasteiger partial charge in [0.2, 0.25) is 5.78 Å². The van der Waals surface area contributed by atoms with E-state index in [-0.39, 0.29) is 17.7 Å². The zero-order valence-corrected chi connectivity index (χ0v) is 26.6. The Hall–Kier alpha value is -4.23. The molecule has 13 nitrogen and oxygen atoms in total. The number of aliphatic hydroxyl groups is 3. The molecule has 4 aliphatic rings. The molecule has 5 rings (SSSR count). The Labute approximate surface area is 265 Å². The zero-order valence-electron chi connectivity index (χ0n) is 26.6. The van der Waals surface area contributed by atoms with Crippen LogP contribution in [0.1, 0.15) is 64.0 Å². The van der Waals surface area contributed by atoms with Gasteiger partial charge >= 0.3 is 11.9 Å². The van der Waals surface area contributed by atoms with Gasteiger partial charge in [0.05, 0.1) is 29.4 Å². The van der Waals surface area contributed by atoms with Crippen LogP contribution in [0.25, 0.3) is 5.76 Å². The largest absolute Gasteiger partial charge is 0.508 e. The van der Waals surface area contributed by atoms with Crippen molar-refractivity contribution in [3.05, 3.63) is 46.2 Å². The topological polar surface area (TPSA) is 214 Å². The number of rotatable bonds is 5. The summed E-state index contributed by atoms with van der Waals surface area (Å²) in [6.45, 7) is 6.78. The fourth-order valence-corrected chi connectivity index (χ4v) is 7.81. The van der Waals surface area contributed by atoms with Gasteiger partial charge < -0.3 is 35.6 Å². The van der Waals surface area contributed by atoms with E-state index in [1.165, 1.54) is 31.1 Å². The number of fused-ring (bicyclic) bond motifs is 3.